The van der Waals surface area contributed by atoms with Crippen LogP contribution in [0.25, 0.3) is 22.0 Å². The van der Waals surface area contributed by atoms with Crippen molar-refractivity contribution in [3.8, 4) is 0 Å². The van der Waals surface area contributed by atoms with Crippen molar-refractivity contribution < 1.29 is 0 Å². The van der Waals surface area contributed by atoms with Gasteiger partial charge in [-0.15, -0.1) is 12.2 Å². The number of aromatic amines is 1. The van der Waals surface area contributed by atoms with Crippen LogP contribution in [0.15, 0.2) is 77.3 Å². The van der Waals surface area contributed by atoms with Crippen molar-refractivity contribution in [2.45, 2.75) is 20.3 Å². The molecule has 2 aliphatic carbocycles. The summed E-state index contributed by atoms with van der Waals surface area (Å²) in [6, 6.07) is 1.90. The van der Waals surface area contributed by atoms with Gasteiger partial charge in [0.15, 0.2) is 0 Å². The van der Waals surface area contributed by atoms with Gasteiger partial charge >= 0.3 is 5.69 Å². The first-order valence-corrected chi connectivity index (χ1v) is 8.95. The topological polar surface area (TPSA) is 58.6 Å². The van der Waals surface area contributed by atoms with Crippen LogP contribution in [0, 0.1) is 5.92 Å². The summed E-state index contributed by atoms with van der Waals surface area (Å²) in [5, 5.41) is 0.881. The third kappa shape index (κ3) is 3.44. The van der Waals surface area contributed by atoms with Crippen LogP contribution in [0.4, 0.5) is 0 Å². The maximum Gasteiger partial charge on any atom is 0.346 e. The number of allylic oxidation sites excluding steroid dienone is 12. The van der Waals surface area contributed by atoms with Crippen LogP contribution in [0.5, 0.6) is 0 Å². The van der Waals surface area contributed by atoms with Gasteiger partial charge in [-0.3, -0.25) is 4.98 Å². The Morgan fingerprint density at radius 3 is 2.75 bits per heavy atom. The van der Waals surface area contributed by atoms with Gasteiger partial charge in [0.05, 0.1) is 16.9 Å². The number of nitrogens with zero attached hydrogens (tertiary/aromatic N) is 2. The van der Waals surface area contributed by atoms with Crippen molar-refractivity contribution in [1.82, 2.24) is 15.0 Å². The van der Waals surface area contributed by atoms with Crippen LogP contribution >= 0.6 is 0 Å². The summed E-state index contributed by atoms with van der Waals surface area (Å²) in [4.78, 5) is 24.0. The molecular weight excluding hydrogens is 596 g/mol. The standard InChI is InChI=1S/C23H20N3O.Lr/c1-15-5-3-7-17(11-9-15)20-19-13-14-24-21(22(19)26-23(27)25-20)18-8-4-6-16(2)10-12-18;/h3-4,6-14H,5H2,1-2H3,(H,25,26,27);/q-1;. The average molecular weight is 616 g/mol. The number of nitrogens with one attached hydrogen (secondary N) is 1. The molecule has 149 valence electrons. The quantitative estimate of drug-likeness (QED) is 0.498. The molecule has 2 aromatic heterocycles. The summed E-state index contributed by atoms with van der Waals surface area (Å²) in [5.41, 5.74) is 4.89. The second kappa shape index (κ2) is 7.46. The molecule has 0 spiro atoms. The van der Waals surface area contributed by atoms with E-state index in [0.717, 1.165) is 34.6 Å². The predicted octanol–water partition coefficient (Wildman–Crippen LogP) is 4.71. The van der Waals surface area contributed by atoms with E-state index in [-0.39, 0.29) is 5.69 Å². The van der Waals surface area contributed by atoms with Crippen LogP contribution in [-0.4, -0.2) is 15.0 Å². The molecule has 0 atom stereocenters. The largest absolute Gasteiger partial charge is 0.346 e. The van der Waals surface area contributed by atoms with E-state index >= 15 is 0 Å². The molecule has 1 N–H and O–H groups in total. The normalized spacial score (nSPS) is 16.1. The van der Waals surface area contributed by atoms with E-state index < -0.39 is 0 Å². The molecule has 5 heteroatoms. The molecule has 2 aromatic rings. The Morgan fingerprint density at radius 1 is 1.07 bits per heavy atom. The van der Waals surface area contributed by atoms with Gasteiger partial charge in [0.25, 0.3) is 0 Å². The van der Waals surface area contributed by atoms with Crippen molar-refractivity contribution in [2.24, 2.45) is 0 Å². The van der Waals surface area contributed by atoms with Crippen molar-refractivity contribution in [3.05, 3.63) is 100 Å². The molecule has 0 amide bonds. The molecule has 28 heavy (non-hydrogen) atoms. The molecule has 0 saturated heterocycles. The molecule has 4 rings (SSSR count). The average Bonchev–Trinajstić information content (AvgIpc) is 3.00. The van der Waals surface area contributed by atoms with E-state index in [9.17, 15) is 4.79 Å². The van der Waals surface area contributed by atoms with E-state index in [4.69, 9.17) is 0 Å². The number of H-pyrrole nitrogens is 1. The van der Waals surface area contributed by atoms with Gasteiger partial charge in [-0.05, 0) is 19.4 Å². The SMILES string of the molecule is CC1=CC=C(c2nc(=O)[nH]c3c(C4=CC=C[C-](C)C=C4)nccc23)C=CC1.[Lr]. The minimum absolute atomic E-state index is 0. The summed E-state index contributed by atoms with van der Waals surface area (Å²) >= 11 is 0. The number of rotatable bonds is 2. The number of pyridine rings is 1. The van der Waals surface area contributed by atoms with E-state index in [1.165, 1.54) is 5.57 Å². The molecule has 0 aromatic carbocycles. The second-order valence-electron chi connectivity index (χ2n) is 6.77. The zero-order valence-corrected chi connectivity index (χ0v) is 17.8. The molecule has 0 fully saturated rings. The minimum atomic E-state index is -0.373. The molecule has 2 aliphatic rings. The smallest absolute Gasteiger partial charge is 0.303 e. The van der Waals surface area contributed by atoms with E-state index in [1.54, 1.807) is 6.20 Å². The van der Waals surface area contributed by atoms with Crippen molar-refractivity contribution >= 4 is 22.0 Å². The van der Waals surface area contributed by atoms with Crippen LogP contribution in [0.2, 0.25) is 0 Å². The van der Waals surface area contributed by atoms with Gasteiger partial charge in [0.1, 0.15) is 0 Å². The summed E-state index contributed by atoms with van der Waals surface area (Å²) in [6.45, 7) is 4.14. The third-order valence-electron chi connectivity index (χ3n) is 4.64. The Hall–Kier alpha value is -4.40. The van der Waals surface area contributed by atoms with Gasteiger partial charge in [-0.2, -0.15) is 29.1 Å². The summed E-state index contributed by atoms with van der Waals surface area (Å²) in [6.07, 6.45) is 21.0. The molecular formula is C23H20LrN3O-. The van der Waals surface area contributed by atoms with Crippen LogP contribution < -0.4 is 5.69 Å². The van der Waals surface area contributed by atoms with Crippen molar-refractivity contribution in [2.75, 3.05) is 0 Å². The van der Waals surface area contributed by atoms with Gasteiger partial charge in [-0.1, -0.05) is 42.4 Å². The maximum absolute atomic E-state index is 12.3. The summed E-state index contributed by atoms with van der Waals surface area (Å²) in [7, 11) is 0. The second-order valence-corrected chi connectivity index (χ2v) is 6.77. The number of aromatic nitrogens is 3. The minimum Gasteiger partial charge on any atom is -0.303 e. The number of hydrogen-bond acceptors (Lipinski definition) is 3. The third-order valence-corrected chi connectivity index (χ3v) is 4.64. The number of hydrogen-bond donors (Lipinski definition) is 1. The first-order chi connectivity index (χ1) is 13.1. The van der Waals surface area contributed by atoms with Gasteiger partial charge in [0, 0.05) is 17.2 Å². The fraction of sp³-hybridized carbons (Fsp3) is 0.130. The molecule has 2 heterocycles. The Balaban J connectivity index is 0.00000225. The van der Waals surface area contributed by atoms with Gasteiger partial charge < -0.3 is 4.98 Å². The Kier molecular flexibility index (Phi) is 4.90. The van der Waals surface area contributed by atoms with Crippen molar-refractivity contribution in [1.29, 1.82) is 0 Å². The fourth-order valence-electron chi connectivity index (χ4n) is 3.20. The molecule has 4 nitrogen and oxygen atoms in total. The van der Waals surface area contributed by atoms with Gasteiger partial charge in [0.2, 0.25) is 0 Å². The van der Waals surface area contributed by atoms with E-state index in [1.807, 2.05) is 55.5 Å². The first-order valence-electron chi connectivity index (χ1n) is 8.95. The monoisotopic (exact) mass is 616 g/mol. The molecule has 0 unspecified atom stereocenters. The first kappa shape index (κ1) is 18.4. The Labute approximate surface area is 158 Å². The Morgan fingerprint density at radius 2 is 1.89 bits per heavy atom. The van der Waals surface area contributed by atoms with Crippen LogP contribution in [0.3, 0.4) is 0 Å². The summed E-state index contributed by atoms with van der Waals surface area (Å²) in [5.74, 6) is 1.16. The van der Waals surface area contributed by atoms with E-state index in [2.05, 4.69) is 34.0 Å². The van der Waals surface area contributed by atoms with Crippen LogP contribution in [-0.2, 0) is 0 Å². The Bertz CT molecular complexity index is 1150. The van der Waals surface area contributed by atoms with Crippen molar-refractivity contribution in [3.63, 3.8) is 0 Å². The van der Waals surface area contributed by atoms with Crippen LogP contribution in [0.1, 0.15) is 31.7 Å². The predicted molar refractivity (Wildman–Crippen MR) is 111 cm³/mol. The zero-order chi connectivity index (χ0) is 18.8. The fourth-order valence-corrected chi connectivity index (χ4v) is 3.20. The molecule has 0 bridgehead atoms. The van der Waals surface area contributed by atoms with E-state index in [0.29, 0.717) is 11.2 Å². The van der Waals surface area contributed by atoms with Gasteiger partial charge in [-0.25, -0.2) is 4.79 Å². The molecule has 1 radical (unpaired) electrons. The maximum atomic E-state index is 12.3. The summed E-state index contributed by atoms with van der Waals surface area (Å²) < 4.78 is 0. The zero-order valence-electron chi connectivity index (χ0n) is 15.6. The molecule has 0 aliphatic heterocycles. The molecule has 0 saturated carbocycles. The number of fused-ring (bicyclic) bond motifs is 1.